The summed E-state index contributed by atoms with van der Waals surface area (Å²) >= 11 is 18.0. The van der Waals surface area contributed by atoms with Crippen LogP contribution in [-0.4, -0.2) is 22.6 Å². The van der Waals surface area contributed by atoms with E-state index in [-0.39, 0.29) is 21.5 Å². The monoisotopic (exact) mass is 407 g/mol. The molecule has 2 heterocycles. The molecule has 0 aliphatic carbocycles. The zero-order valence-corrected chi connectivity index (χ0v) is 15.7. The number of carbonyl (C=O) groups excluding carboxylic acids is 2. The first kappa shape index (κ1) is 17.4. The van der Waals surface area contributed by atoms with E-state index in [1.807, 2.05) is 12.1 Å². The first-order valence-corrected chi connectivity index (χ1v) is 9.05. The summed E-state index contributed by atoms with van der Waals surface area (Å²) < 4.78 is 5.37. The number of rotatable bonds is 2. The number of amides is 1. The molecule has 0 fully saturated rings. The highest BCUT2D eigenvalue weighted by atomic mass is 35.5. The zero-order valence-electron chi connectivity index (χ0n) is 13.4. The van der Waals surface area contributed by atoms with Crippen LogP contribution >= 0.6 is 34.8 Å². The van der Waals surface area contributed by atoms with Crippen molar-refractivity contribution in [3.63, 3.8) is 0 Å². The van der Waals surface area contributed by atoms with E-state index in [4.69, 9.17) is 39.2 Å². The normalized spacial score (nSPS) is 13.7. The lowest BCUT2D eigenvalue weighted by Gasteiger charge is -2.30. The number of nitrogens with zero attached hydrogens (tertiary/aromatic N) is 1. The van der Waals surface area contributed by atoms with Gasteiger partial charge >= 0.3 is 0 Å². The Morgan fingerprint density at radius 3 is 2.69 bits per heavy atom. The first-order chi connectivity index (χ1) is 12.5. The van der Waals surface area contributed by atoms with Gasteiger partial charge in [-0.3, -0.25) is 9.59 Å². The van der Waals surface area contributed by atoms with Gasteiger partial charge in [0.1, 0.15) is 5.58 Å². The molecular formula is C19H12Cl3NO3. The van der Waals surface area contributed by atoms with Crippen molar-refractivity contribution in [2.45, 2.75) is 13.0 Å². The van der Waals surface area contributed by atoms with Crippen molar-refractivity contribution in [2.24, 2.45) is 0 Å². The Hall–Kier alpha value is -2.01. The molecule has 0 bridgehead atoms. The van der Waals surface area contributed by atoms with Crippen molar-refractivity contribution in [1.82, 2.24) is 4.90 Å². The molecule has 4 nitrogen and oxygen atoms in total. The van der Waals surface area contributed by atoms with Gasteiger partial charge in [0.05, 0.1) is 21.9 Å². The van der Waals surface area contributed by atoms with Gasteiger partial charge in [-0.15, -0.1) is 0 Å². The van der Waals surface area contributed by atoms with Gasteiger partial charge in [0.25, 0.3) is 11.1 Å². The molecule has 1 aliphatic heterocycles. The number of halogens is 3. The molecule has 0 N–H and O–H groups in total. The lowest BCUT2D eigenvalue weighted by molar-refractivity contribution is 0.0734. The van der Waals surface area contributed by atoms with E-state index < -0.39 is 5.24 Å². The minimum absolute atomic E-state index is 0.0984. The second kappa shape index (κ2) is 6.62. The molecule has 132 valence electrons. The Morgan fingerprint density at radius 2 is 1.92 bits per heavy atom. The van der Waals surface area contributed by atoms with E-state index in [1.165, 1.54) is 0 Å². The molecule has 26 heavy (non-hydrogen) atoms. The van der Waals surface area contributed by atoms with Gasteiger partial charge in [-0.05, 0) is 53.4 Å². The highest BCUT2D eigenvalue weighted by molar-refractivity contribution is 6.70. The summed E-state index contributed by atoms with van der Waals surface area (Å²) in [7, 11) is 0. The summed E-state index contributed by atoms with van der Waals surface area (Å²) in [5.41, 5.74) is 2.98. The molecule has 0 radical (unpaired) electrons. The predicted octanol–water partition coefficient (Wildman–Crippen LogP) is 5.32. The van der Waals surface area contributed by atoms with Gasteiger partial charge in [-0.2, -0.15) is 0 Å². The van der Waals surface area contributed by atoms with E-state index in [1.54, 1.807) is 29.4 Å². The van der Waals surface area contributed by atoms with Crippen LogP contribution in [0.4, 0.5) is 0 Å². The largest absolute Gasteiger partial charge is 0.464 e. The van der Waals surface area contributed by atoms with E-state index >= 15 is 0 Å². The molecule has 1 aliphatic rings. The Morgan fingerprint density at radius 1 is 1.12 bits per heavy atom. The van der Waals surface area contributed by atoms with Crippen molar-refractivity contribution in [2.75, 3.05) is 6.54 Å². The van der Waals surface area contributed by atoms with Gasteiger partial charge in [-0.1, -0.05) is 29.3 Å². The molecule has 1 aromatic heterocycles. The van der Waals surface area contributed by atoms with Crippen LogP contribution < -0.4 is 0 Å². The lowest BCUT2D eigenvalue weighted by Crippen LogP contribution is -2.36. The summed E-state index contributed by atoms with van der Waals surface area (Å²) in [6, 6.07) is 8.89. The van der Waals surface area contributed by atoms with E-state index in [2.05, 4.69) is 0 Å². The zero-order chi connectivity index (χ0) is 18.4. The van der Waals surface area contributed by atoms with E-state index in [9.17, 15) is 9.59 Å². The fourth-order valence-corrected chi connectivity index (χ4v) is 4.33. The Labute approximate surface area is 164 Å². The molecule has 7 heteroatoms. The van der Waals surface area contributed by atoms with E-state index in [0.29, 0.717) is 30.7 Å². The van der Waals surface area contributed by atoms with Gasteiger partial charge in [0.15, 0.2) is 0 Å². The van der Waals surface area contributed by atoms with Crippen molar-refractivity contribution in [3.05, 3.63) is 68.9 Å². The van der Waals surface area contributed by atoms with Crippen LogP contribution in [0.5, 0.6) is 0 Å². The van der Waals surface area contributed by atoms with Crippen molar-refractivity contribution >= 4 is 56.9 Å². The number of benzene rings is 2. The molecule has 1 amide bonds. The van der Waals surface area contributed by atoms with Crippen LogP contribution in [0, 0.1) is 0 Å². The third-order valence-corrected chi connectivity index (χ3v) is 5.50. The van der Waals surface area contributed by atoms with Crippen molar-refractivity contribution < 1.29 is 14.0 Å². The Balaban J connectivity index is 1.65. The topological polar surface area (TPSA) is 50.5 Å². The van der Waals surface area contributed by atoms with Crippen LogP contribution in [0.15, 0.2) is 41.0 Å². The van der Waals surface area contributed by atoms with Crippen molar-refractivity contribution in [1.29, 1.82) is 0 Å². The van der Waals surface area contributed by atoms with Gasteiger partial charge in [0, 0.05) is 24.0 Å². The highest BCUT2D eigenvalue weighted by Crippen LogP contribution is 2.35. The van der Waals surface area contributed by atoms with Crippen LogP contribution in [0.2, 0.25) is 10.0 Å². The summed E-state index contributed by atoms with van der Waals surface area (Å²) in [6.45, 7) is 0.847. The smallest absolute Gasteiger partial charge is 0.255 e. The number of fused-ring (bicyclic) bond motifs is 2. The molecule has 0 saturated carbocycles. The fraction of sp³-hybridized carbons (Fsp3) is 0.158. The third kappa shape index (κ3) is 2.88. The van der Waals surface area contributed by atoms with Crippen molar-refractivity contribution in [3.8, 4) is 0 Å². The summed E-state index contributed by atoms with van der Waals surface area (Å²) in [4.78, 5) is 26.1. The molecule has 3 aromatic rings. The number of carbonyl (C=O) groups is 2. The Kier molecular flexibility index (Phi) is 4.43. The van der Waals surface area contributed by atoms with Crippen LogP contribution in [-0.2, 0) is 13.0 Å². The number of furan rings is 1. The third-order valence-electron chi connectivity index (χ3n) is 4.59. The summed E-state index contributed by atoms with van der Waals surface area (Å²) in [5, 5.41) is 0.729. The Bertz CT molecular complexity index is 1060. The first-order valence-electron chi connectivity index (χ1n) is 7.92. The molecule has 2 aromatic carbocycles. The maximum absolute atomic E-state index is 12.9. The predicted molar refractivity (Wildman–Crippen MR) is 101 cm³/mol. The second-order valence-electron chi connectivity index (χ2n) is 6.11. The van der Waals surface area contributed by atoms with Crippen LogP contribution in [0.3, 0.4) is 0 Å². The summed E-state index contributed by atoms with van der Waals surface area (Å²) in [5.74, 6) is -0.0984. The van der Waals surface area contributed by atoms with Gasteiger partial charge < -0.3 is 9.32 Å². The minimum atomic E-state index is -0.687. The minimum Gasteiger partial charge on any atom is -0.464 e. The van der Waals surface area contributed by atoms with Crippen LogP contribution in [0.1, 0.15) is 31.8 Å². The average Bonchev–Trinajstić information content (AvgIpc) is 3.07. The SMILES string of the molecule is O=C(Cl)c1c(Cl)cc2c(c1Cl)CCN(C(=O)c1ccc3ccoc3c1)C2. The van der Waals surface area contributed by atoms with E-state index in [0.717, 1.165) is 16.5 Å². The lowest BCUT2D eigenvalue weighted by atomic mass is 9.96. The molecule has 0 atom stereocenters. The maximum atomic E-state index is 12.9. The second-order valence-corrected chi connectivity index (χ2v) is 7.24. The molecule has 0 saturated heterocycles. The highest BCUT2D eigenvalue weighted by Gasteiger charge is 2.27. The quantitative estimate of drug-likeness (QED) is 0.539. The molecule has 4 rings (SSSR count). The number of hydrogen-bond acceptors (Lipinski definition) is 3. The maximum Gasteiger partial charge on any atom is 0.255 e. The fourth-order valence-electron chi connectivity index (χ4n) is 3.28. The van der Waals surface area contributed by atoms with Crippen LogP contribution in [0.25, 0.3) is 11.0 Å². The average molecular weight is 409 g/mol. The van der Waals surface area contributed by atoms with Gasteiger partial charge in [0.2, 0.25) is 0 Å². The summed E-state index contributed by atoms with van der Waals surface area (Å²) in [6.07, 6.45) is 2.12. The number of hydrogen-bond donors (Lipinski definition) is 0. The van der Waals surface area contributed by atoms with Gasteiger partial charge in [-0.25, -0.2) is 0 Å². The molecule has 0 spiro atoms. The molecular weight excluding hydrogens is 397 g/mol. The standard InChI is InChI=1S/C19H12Cl3NO3/c20-14-7-12-9-23(5-3-13(12)17(21)16(14)18(22)24)19(25)11-2-1-10-4-6-26-15(10)8-11/h1-2,4,6-8H,3,5,9H2. The molecule has 0 unspecified atom stereocenters.